The Morgan fingerprint density at radius 1 is 1.10 bits per heavy atom. The van der Waals surface area contributed by atoms with Crippen LogP contribution in [0.1, 0.15) is 11.1 Å². The predicted molar refractivity (Wildman–Crippen MR) is 90.6 cm³/mol. The van der Waals surface area contributed by atoms with Crippen LogP contribution in [0.2, 0.25) is 0 Å². The maximum atomic E-state index is 4.72. The van der Waals surface area contributed by atoms with Crippen LogP contribution in [0.4, 0.5) is 10.8 Å². The summed E-state index contributed by atoms with van der Waals surface area (Å²) in [6.07, 6.45) is 2.09. The molecule has 0 aliphatic rings. The second kappa shape index (κ2) is 5.46. The zero-order valence-electron chi connectivity index (χ0n) is 11.7. The van der Waals surface area contributed by atoms with Crippen LogP contribution in [0.5, 0.6) is 0 Å². The fourth-order valence-electron chi connectivity index (χ4n) is 2.31. The number of rotatable bonds is 3. The van der Waals surface area contributed by atoms with Gasteiger partial charge in [0.05, 0.1) is 10.2 Å². The minimum absolute atomic E-state index is 0.950. The number of para-hydroxylation sites is 1. The highest BCUT2D eigenvalue weighted by Crippen LogP contribution is 2.33. The molecule has 2 aromatic carbocycles. The molecule has 0 bridgehead atoms. The van der Waals surface area contributed by atoms with Crippen LogP contribution in [0, 0.1) is 13.8 Å². The normalized spacial score (nSPS) is 10.9. The molecule has 1 N–H and O–H groups in total. The molecule has 2 nitrogen and oxygen atoms in total. The van der Waals surface area contributed by atoms with Crippen LogP contribution in [-0.2, 0) is 0 Å². The first kappa shape index (κ1) is 13.5. The van der Waals surface area contributed by atoms with Crippen molar-refractivity contribution in [3.8, 4) is 0 Å². The highest BCUT2D eigenvalue weighted by molar-refractivity contribution is 7.98. The van der Waals surface area contributed by atoms with Crippen molar-refractivity contribution in [2.24, 2.45) is 0 Å². The molecule has 4 heteroatoms. The molecule has 0 atom stereocenters. The van der Waals surface area contributed by atoms with Crippen LogP contribution in [0.15, 0.2) is 41.3 Å². The van der Waals surface area contributed by atoms with Crippen molar-refractivity contribution in [1.29, 1.82) is 0 Å². The summed E-state index contributed by atoms with van der Waals surface area (Å²) < 4.78 is 1.23. The van der Waals surface area contributed by atoms with Crippen molar-refractivity contribution in [2.45, 2.75) is 18.7 Å². The molecule has 1 heterocycles. The van der Waals surface area contributed by atoms with Crippen molar-refractivity contribution in [3.05, 3.63) is 47.5 Å². The van der Waals surface area contributed by atoms with Gasteiger partial charge in [-0.1, -0.05) is 23.5 Å². The monoisotopic (exact) mass is 300 g/mol. The maximum absolute atomic E-state index is 4.72. The van der Waals surface area contributed by atoms with Gasteiger partial charge in [-0.2, -0.15) is 0 Å². The average molecular weight is 300 g/mol. The summed E-state index contributed by atoms with van der Waals surface area (Å²) in [5, 5.41) is 4.37. The third kappa shape index (κ3) is 2.67. The van der Waals surface area contributed by atoms with E-state index in [4.69, 9.17) is 4.98 Å². The van der Waals surface area contributed by atoms with Crippen molar-refractivity contribution in [2.75, 3.05) is 11.6 Å². The SMILES string of the molecule is CSc1cccc2sc(Nc3cc(C)cc(C)c3)nc12. The lowest BCUT2D eigenvalue weighted by Gasteiger charge is -2.05. The van der Waals surface area contributed by atoms with Crippen LogP contribution in [0.25, 0.3) is 10.2 Å². The lowest BCUT2D eigenvalue weighted by molar-refractivity contribution is 1.35. The Bertz CT molecular complexity index is 742. The van der Waals surface area contributed by atoms with Gasteiger partial charge in [0.25, 0.3) is 0 Å². The third-order valence-electron chi connectivity index (χ3n) is 3.07. The molecular weight excluding hydrogens is 284 g/mol. The van der Waals surface area contributed by atoms with E-state index >= 15 is 0 Å². The zero-order chi connectivity index (χ0) is 14.1. The molecule has 20 heavy (non-hydrogen) atoms. The number of anilines is 2. The molecule has 0 aliphatic carbocycles. The first-order chi connectivity index (χ1) is 9.65. The first-order valence-corrected chi connectivity index (χ1v) is 8.49. The summed E-state index contributed by atoms with van der Waals surface area (Å²) in [5.74, 6) is 0. The first-order valence-electron chi connectivity index (χ1n) is 6.44. The van der Waals surface area contributed by atoms with Crippen LogP contribution in [-0.4, -0.2) is 11.2 Å². The smallest absolute Gasteiger partial charge is 0.188 e. The Kier molecular flexibility index (Phi) is 3.68. The number of hydrogen-bond acceptors (Lipinski definition) is 4. The zero-order valence-corrected chi connectivity index (χ0v) is 13.4. The number of thioether (sulfide) groups is 1. The molecule has 1 aromatic heterocycles. The Balaban J connectivity index is 1.98. The van der Waals surface area contributed by atoms with Crippen molar-refractivity contribution >= 4 is 44.1 Å². The Morgan fingerprint density at radius 3 is 2.55 bits per heavy atom. The summed E-state index contributed by atoms with van der Waals surface area (Å²) >= 11 is 3.44. The Morgan fingerprint density at radius 2 is 1.85 bits per heavy atom. The van der Waals surface area contributed by atoms with Gasteiger partial charge >= 0.3 is 0 Å². The Hall–Kier alpha value is -1.52. The Labute approximate surface area is 127 Å². The van der Waals surface area contributed by atoms with Gasteiger partial charge in [0.1, 0.15) is 0 Å². The van der Waals surface area contributed by atoms with Crippen LogP contribution in [0.3, 0.4) is 0 Å². The quantitative estimate of drug-likeness (QED) is 0.657. The second-order valence-electron chi connectivity index (χ2n) is 4.83. The second-order valence-corrected chi connectivity index (χ2v) is 6.71. The minimum atomic E-state index is 0.950. The fourth-order valence-corrected chi connectivity index (χ4v) is 3.85. The molecule has 0 amide bonds. The lowest BCUT2D eigenvalue weighted by atomic mass is 10.1. The van der Waals surface area contributed by atoms with E-state index < -0.39 is 0 Å². The number of benzene rings is 2. The standard InChI is InChI=1S/C16H16N2S2/c1-10-7-11(2)9-12(8-10)17-16-18-15-13(19-3)5-4-6-14(15)20-16/h4-9H,1-3H3,(H,17,18). The van der Waals surface area contributed by atoms with Crippen LogP contribution >= 0.6 is 23.1 Å². The van der Waals surface area contributed by atoms with Crippen molar-refractivity contribution < 1.29 is 0 Å². The number of aromatic nitrogens is 1. The van der Waals surface area contributed by atoms with E-state index in [9.17, 15) is 0 Å². The van der Waals surface area contributed by atoms with Gasteiger partial charge in [0.2, 0.25) is 0 Å². The topological polar surface area (TPSA) is 24.9 Å². The fraction of sp³-hybridized carbons (Fsp3) is 0.188. The summed E-state index contributed by atoms with van der Waals surface area (Å²) in [6, 6.07) is 12.8. The molecule has 0 spiro atoms. The van der Waals surface area contributed by atoms with Crippen molar-refractivity contribution in [1.82, 2.24) is 4.98 Å². The predicted octanol–water partition coefficient (Wildman–Crippen LogP) is 5.38. The van der Waals surface area contributed by atoms with Gasteiger partial charge in [0.15, 0.2) is 5.13 Å². The highest BCUT2D eigenvalue weighted by atomic mass is 32.2. The van der Waals surface area contributed by atoms with Gasteiger partial charge in [-0.05, 0) is 55.5 Å². The van der Waals surface area contributed by atoms with Crippen LogP contribution < -0.4 is 5.32 Å². The van der Waals surface area contributed by atoms with E-state index in [0.29, 0.717) is 0 Å². The molecule has 3 aromatic rings. The largest absolute Gasteiger partial charge is 0.332 e. The summed E-state index contributed by atoms with van der Waals surface area (Å²) in [7, 11) is 0. The molecule has 0 unspecified atom stereocenters. The summed E-state index contributed by atoms with van der Waals surface area (Å²) in [4.78, 5) is 5.95. The van der Waals surface area contributed by atoms with E-state index in [1.807, 2.05) is 0 Å². The molecule has 102 valence electrons. The number of nitrogens with zero attached hydrogens (tertiary/aromatic N) is 1. The van der Waals surface area contributed by atoms with E-state index in [-0.39, 0.29) is 0 Å². The highest BCUT2D eigenvalue weighted by Gasteiger charge is 2.08. The van der Waals surface area contributed by atoms with Crippen molar-refractivity contribution in [3.63, 3.8) is 0 Å². The van der Waals surface area contributed by atoms with Gasteiger partial charge < -0.3 is 5.32 Å². The molecule has 3 rings (SSSR count). The number of hydrogen-bond donors (Lipinski definition) is 1. The van der Waals surface area contributed by atoms with E-state index in [1.54, 1.807) is 23.1 Å². The molecular formula is C16H16N2S2. The van der Waals surface area contributed by atoms with E-state index in [0.717, 1.165) is 16.3 Å². The van der Waals surface area contributed by atoms with Gasteiger partial charge in [-0.15, -0.1) is 11.8 Å². The number of aryl methyl sites for hydroxylation is 2. The average Bonchev–Trinajstić information content (AvgIpc) is 2.79. The molecule has 0 fully saturated rings. The van der Waals surface area contributed by atoms with E-state index in [2.05, 4.69) is 61.8 Å². The number of nitrogens with one attached hydrogen (secondary N) is 1. The maximum Gasteiger partial charge on any atom is 0.188 e. The minimum Gasteiger partial charge on any atom is -0.332 e. The van der Waals surface area contributed by atoms with E-state index in [1.165, 1.54) is 20.7 Å². The summed E-state index contributed by atoms with van der Waals surface area (Å²) in [6.45, 7) is 4.23. The molecule has 0 aliphatic heterocycles. The summed E-state index contributed by atoms with van der Waals surface area (Å²) in [5.41, 5.74) is 4.72. The van der Waals surface area contributed by atoms with Gasteiger partial charge in [0, 0.05) is 10.6 Å². The molecule has 0 radical (unpaired) electrons. The third-order valence-corrected chi connectivity index (χ3v) is 4.78. The number of thiazole rings is 1. The van der Waals surface area contributed by atoms with Gasteiger partial charge in [-0.25, -0.2) is 4.98 Å². The van der Waals surface area contributed by atoms with Gasteiger partial charge in [-0.3, -0.25) is 0 Å². The molecule has 0 saturated heterocycles. The lowest BCUT2D eigenvalue weighted by Crippen LogP contribution is -1.90. The number of fused-ring (bicyclic) bond motifs is 1. The molecule has 0 saturated carbocycles.